The van der Waals surface area contributed by atoms with Crippen molar-refractivity contribution in [2.24, 2.45) is 0 Å². The largest absolute Gasteiger partial charge is 0.493 e. The van der Waals surface area contributed by atoms with Crippen molar-refractivity contribution in [2.45, 2.75) is 20.0 Å². The van der Waals surface area contributed by atoms with Gasteiger partial charge in [0.05, 0.1) is 18.8 Å². The van der Waals surface area contributed by atoms with E-state index in [2.05, 4.69) is 0 Å². The van der Waals surface area contributed by atoms with Gasteiger partial charge in [0.2, 0.25) is 0 Å². The summed E-state index contributed by atoms with van der Waals surface area (Å²) in [6, 6.07) is 2.47. The number of methoxy groups -OCH3 is 1. The highest BCUT2D eigenvalue weighted by Gasteiger charge is 2.12. The molecule has 3 nitrogen and oxygen atoms in total. The normalized spacial score (nSPS) is 10.2. The maximum Gasteiger partial charge on any atom is 0.163 e. The van der Waals surface area contributed by atoms with Crippen molar-refractivity contribution in [3.63, 3.8) is 0 Å². The summed E-state index contributed by atoms with van der Waals surface area (Å²) in [6.45, 7) is 3.67. The summed E-state index contributed by atoms with van der Waals surface area (Å²) in [5.74, 6) is 0.0424. The van der Waals surface area contributed by atoms with Crippen molar-refractivity contribution < 1.29 is 18.7 Å². The summed E-state index contributed by atoms with van der Waals surface area (Å²) < 4.78 is 23.5. The number of rotatable bonds is 4. The van der Waals surface area contributed by atoms with E-state index in [1.165, 1.54) is 13.2 Å². The van der Waals surface area contributed by atoms with Crippen LogP contribution in [0, 0.1) is 5.82 Å². The number of benzene rings is 1. The predicted molar refractivity (Wildman–Crippen MR) is 54.1 cm³/mol. The molecule has 82 valence electrons. The maximum absolute atomic E-state index is 13.2. The van der Waals surface area contributed by atoms with Gasteiger partial charge >= 0.3 is 0 Å². The summed E-state index contributed by atoms with van der Waals surface area (Å²) in [5, 5.41) is 0. The minimum absolute atomic E-state index is 0.0357. The van der Waals surface area contributed by atoms with Gasteiger partial charge in [-0.15, -0.1) is 0 Å². The molecule has 0 bridgehead atoms. The maximum atomic E-state index is 13.2. The average Bonchev–Trinajstić information content (AvgIpc) is 2.19. The number of hydrogen-bond acceptors (Lipinski definition) is 3. The van der Waals surface area contributed by atoms with E-state index in [1.807, 2.05) is 13.8 Å². The Balaban J connectivity index is 3.16. The third kappa shape index (κ3) is 2.68. The topological polar surface area (TPSA) is 35.5 Å². The Morgan fingerprint density at radius 2 is 2.00 bits per heavy atom. The zero-order valence-corrected chi connectivity index (χ0v) is 8.91. The molecule has 0 aliphatic rings. The predicted octanol–water partition coefficient (Wildman–Crippen LogP) is 2.43. The first kappa shape index (κ1) is 11.5. The van der Waals surface area contributed by atoms with E-state index in [-0.39, 0.29) is 17.4 Å². The molecule has 4 heteroatoms. The van der Waals surface area contributed by atoms with Gasteiger partial charge in [-0.25, -0.2) is 4.39 Å². The molecule has 0 heterocycles. The van der Waals surface area contributed by atoms with E-state index in [0.717, 1.165) is 6.07 Å². The van der Waals surface area contributed by atoms with Gasteiger partial charge in [-0.3, -0.25) is 4.79 Å². The van der Waals surface area contributed by atoms with Crippen molar-refractivity contribution in [1.29, 1.82) is 0 Å². The van der Waals surface area contributed by atoms with Crippen LogP contribution in [-0.4, -0.2) is 19.5 Å². The van der Waals surface area contributed by atoms with Gasteiger partial charge in [-0.05, 0) is 19.9 Å². The molecule has 0 saturated heterocycles. The van der Waals surface area contributed by atoms with E-state index in [1.54, 1.807) is 0 Å². The van der Waals surface area contributed by atoms with Gasteiger partial charge in [0.15, 0.2) is 17.8 Å². The summed E-state index contributed by atoms with van der Waals surface area (Å²) in [5.41, 5.74) is -0.0357. The van der Waals surface area contributed by atoms with Gasteiger partial charge in [-0.1, -0.05) is 0 Å². The highest BCUT2D eigenvalue weighted by Crippen LogP contribution is 2.30. The van der Waals surface area contributed by atoms with E-state index >= 15 is 0 Å². The monoisotopic (exact) mass is 212 g/mol. The lowest BCUT2D eigenvalue weighted by Crippen LogP contribution is -2.07. The molecule has 1 aromatic rings. The Kier molecular flexibility index (Phi) is 3.66. The molecule has 0 amide bonds. The number of halogens is 1. The van der Waals surface area contributed by atoms with Crippen molar-refractivity contribution in [2.75, 3.05) is 7.11 Å². The number of ether oxygens (including phenoxy) is 2. The molecule has 0 N–H and O–H groups in total. The highest BCUT2D eigenvalue weighted by atomic mass is 19.1. The Bertz CT molecular complexity index is 361. The van der Waals surface area contributed by atoms with Crippen LogP contribution < -0.4 is 9.47 Å². The molecule has 0 unspecified atom stereocenters. The van der Waals surface area contributed by atoms with Crippen molar-refractivity contribution in [1.82, 2.24) is 0 Å². The molecule has 1 rings (SSSR count). The van der Waals surface area contributed by atoms with Crippen LogP contribution in [0.3, 0.4) is 0 Å². The quantitative estimate of drug-likeness (QED) is 0.719. The van der Waals surface area contributed by atoms with E-state index < -0.39 is 5.82 Å². The minimum atomic E-state index is -0.613. The molecule has 0 atom stereocenters. The highest BCUT2D eigenvalue weighted by molar-refractivity contribution is 5.77. The summed E-state index contributed by atoms with van der Waals surface area (Å²) >= 11 is 0. The van der Waals surface area contributed by atoms with E-state index in [4.69, 9.17) is 9.47 Å². The fourth-order valence-electron chi connectivity index (χ4n) is 1.15. The zero-order chi connectivity index (χ0) is 11.4. The number of carbonyl (C=O) groups is 1. The number of carbonyl (C=O) groups excluding carboxylic acids is 1. The first-order valence-electron chi connectivity index (χ1n) is 4.57. The molecule has 0 aliphatic heterocycles. The molecule has 0 aromatic heterocycles. The first-order chi connectivity index (χ1) is 7.08. The molecule has 0 aliphatic carbocycles. The molecule has 15 heavy (non-hydrogen) atoms. The van der Waals surface area contributed by atoms with Crippen LogP contribution in [0.15, 0.2) is 12.1 Å². The van der Waals surface area contributed by atoms with Crippen LogP contribution in [-0.2, 0) is 0 Å². The van der Waals surface area contributed by atoms with Gasteiger partial charge in [0.25, 0.3) is 0 Å². The molecule has 1 aromatic carbocycles. The fraction of sp³-hybridized carbons (Fsp3) is 0.364. The van der Waals surface area contributed by atoms with E-state index in [9.17, 15) is 9.18 Å². The van der Waals surface area contributed by atoms with Crippen molar-refractivity contribution in [3.8, 4) is 11.5 Å². The van der Waals surface area contributed by atoms with Crippen LogP contribution in [0.2, 0.25) is 0 Å². The molecule has 0 saturated carbocycles. The molecular weight excluding hydrogens is 199 g/mol. The van der Waals surface area contributed by atoms with Crippen LogP contribution in [0.25, 0.3) is 0 Å². The lowest BCUT2D eigenvalue weighted by molar-refractivity contribution is 0.111. The summed E-state index contributed by atoms with van der Waals surface area (Å²) in [7, 11) is 1.42. The van der Waals surface area contributed by atoms with Gasteiger partial charge in [-0.2, -0.15) is 0 Å². The second-order valence-corrected chi connectivity index (χ2v) is 3.31. The van der Waals surface area contributed by atoms with Crippen molar-refractivity contribution in [3.05, 3.63) is 23.5 Å². The Morgan fingerprint density at radius 3 is 2.47 bits per heavy atom. The Labute approximate surface area is 87.8 Å². The summed E-state index contributed by atoms with van der Waals surface area (Å²) in [4.78, 5) is 10.5. The zero-order valence-electron chi connectivity index (χ0n) is 8.91. The SMILES string of the molecule is COc1cc(F)c(C=O)cc1OC(C)C. The Hall–Kier alpha value is -1.58. The lowest BCUT2D eigenvalue weighted by atomic mass is 10.2. The van der Waals surface area contributed by atoms with Crippen LogP contribution in [0.1, 0.15) is 24.2 Å². The molecule has 0 spiro atoms. The lowest BCUT2D eigenvalue weighted by Gasteiger charge is -2.14. The van der Waals surface area contributed by atoms with Gasteiger partial charge in [0, 0.05) is 6.07 Å². The Morgan fingerprint density at radius 1 is 1.33 bits per heavy atom. The third-order valence-corrected chi connectivity index (χ3v) is 1.77. The second kappa shape index (κ2) is 4.77. The van der Waals surface area contributed by atoms with Crippen LogP contribution in [0.4, 0.5) is 4.39 Å². The molecule has 0 fully saturated rings. The van der Waals surface area contributed by atoms with E-state index in [0.29, 0.717) is 12.0 Å². The second-order valence-electron chi connectivity index (χ2n) is 3.31. The average molecular weight is 212 g/mol. The first-order valence-corrected chi connectivity index (χ1v) is 4.57. The summed E-state index contributed by atoms with van der Waals surface area (Å²) in [6.07, 6.45) is 0.381. The van der Waals surface area contributed by atoms with Gasteiger partial charge < -0.3 is 9.47 Å². The third-order valence-electron chi connectivity index (χ3n) is 1.77. The smallest absolute Gasteiger partial charge is 0.163 e. The van der Waals surface area contributed by atoms with Crippen LogP contribution >= 0.6 is 0 Å². The number of aldehydes is 1. The molecular formula is C11H13FO3. The molecule has 0 radical (unpaired) electrons. The van der Waals surface area contributed by atoms with Crippen LogP contribution in [0.5, 0.6) is 11.5 Å². The fourth-order valence-corrected chi connectivity index (χ4v) is 1.15. The van der Waals surface area contributed by atoms with Gasteiger partial charge in [0.1, 0.15) is 5.82 Å². The minimum Gasteiger partial charge on any atom is -0.493 e. The van der Waals surface area contributed by atoms with Crippen molar-refractivity contribution >= 4 is 6.29 Å². The standard InChI is InChI=1S/C11H13FO3/c1-7(2)15-11-4-8(6-13)9(12)5-10(11)14-3/h4-7H,1-3H3. The number of hydrogen-bond donors (Lipinski definition) is 0.